The zero-order chi connectivity index (χ0) is 13.1. The third-order valence-corrected chi connectivity index (χ3v) is 3.30. The van der Waals surface area contributed by atoms with Gasteiger partial charge in [0.15, 0.2) is 5.78 Å². The smallest absolute Gasteiger partial charge is 0.163 e. The molecule has 1 aliphatic carbocycles. The van der Waals surface area contributed by atoms with Crippen molar-refractivity contribution in [2.45, 2.75) is 20.3 Å². The lowest BCUT2D eigenvalue weighted by molar-refractivity contribution is 0.0973. The van der Waals surface area contributed by atoms with Crippen LogP contribution in [-0.4, -0.2) is 12.9 Å². The van der Waals surface area contributed by atoms with Gasteiger partial charge in [0.1, 0.15) is 5.75 Å². The number of ketones is 1. The second-order valence-corrected chi connectivity index (χ2v) is 4.76. The molecule has 2 heteroatoms. The monoisotopic (exact) mass is 242 g/mol. The first-order valence-electron chi connectivity index (χ1n) is 6.14. The highest BCUT2D eigenvalue weighted by molar-refractivity contribution is 5.97. The summed E-state index contributed by atoms with van der Waals surface area (Å²) in [5.74, 6) is 1.15. The van der Waals surface area contributed by atoms with Crippen molar-refractivity contribution < 1.29 is 9.53 Å². The summed E-state index contributed by atoms with van der Waals surface area (Å²) >= 11 is 0. The molecular formula is C16H18O2. The van der Waals surface area contributed by atoms with E-state index in [2.05, 4.69) is 26.0 Å². The molecule has 94 valence electrons. The molecule has 0 spiro atoms. The maximum atomic E-state index is 12.2. The molecule has 0 saturated carbocycles. The van der Waals surface area contributed by atoms with E-state index in [1.807, 2.05) is 18.2 Å². The predicted molar refractivity (Wildman–Crippen MR) is 72.9 cm³/mol. The van der Waals surface area contributed by atoms with Crippen molar-refractivity contribution in [1.29, 1.82) is 0 Å². The average molecular weight is 242 g/mol. The van der Waals surface area contributed by atoms with E-state index < -0.39 is 0 Å². The molecule has 0 amide bonds. The van der Waals surface area contributed by atoms with Crippen molar-refractivity contribution >= 4 is 5.78 Å². The molecule has 0 radical (unpaired) electrons. The minimum absolute atomic E-state index is 0.164. The highest BCUT2D eigenvalue weighted by Gasteiger charge is 2.18. The van der Waals surface area contributed by atoms with Crippen LogP contribution in [0, 0.1) is 5.92 Å². The van der Waals surface area contributed by atoms with Gasteiger partial charge in [-0.25, -0.2) is 0 Å². The lowest BCUT2D eigenvalue weighted by Crippen LogP contribution is -2.07. The summed E-state index contributed by atoms with van der Waals surface area (Å²) < 4.78 is 5.14. The number of allylic oxidation sites excluding steroid dienone is 4. The van der Waals surface area contributed by atoms with Crippen molar-refractivity contribution in [3.05, 3.63) is 53.1 Å². The maximum Gasteiger partial charge on any atom is 0.163 e. The topological polar surface area (TPSA) is 26.3 Å². The first-order chi connectivity index (χ1) is 8.60. The lowest BCUT2D eigenvalue weighted by atomic mass is 9.94. The molecule has 0 fully saturated rings. The van der Waals surface area contributed by atoms with E-state index >= 15 is 0 Å². The van der Waals surface area contributed by atoms with E-state index in [-0.39, 0.29) is 11.7 Å². The summed E-state index contributed by atoms with van der Waals surface area (Å²) in [5, 5.41) is 0. The Kier molecular flexibility index (Phi) is 3.66. The van der Waals surface area contributed by atoms with Gasteiger partial charge in [-0.2, -0.15) is 0 Å². The Morgan fingerprint density at radius 1 is 1.33 bits per heavy atom. The molecule has 0 aliphatic heterocycles. The van der Waals surface area contributed by atoms with Crippen LogP contribution in [0.4, 0.5) is 0 Å². The molecule has 1 unspecified atom stereocenters. The Bertz CT molecular complexity index is 524. The third kappa shape index (κ3) is 2.70. The number of carbonyl (C=O) groups is 1. The van der Waals surface area contributed by atoms with Crippen LogP contribution < -0.4 is 4.74 Å². The Labute approximate surface area is 108 Å². The fourth-order valence-corrected chi connectivity index (χ4v) is 2.30. The first-order valence-corrected chi connectivity index (χ1v) is 6.14. The highest BCUT2D eigenvalue weighted by atomic mass is 16.5. The van der Waals surface area contributed by atoms with Gasteiger partial charge in [0.2, 0.25) is 0 Å². The summed E-state index contributed by atoms with van der Waals surface area (Å²) in [4.78, 5) is 12.2. The second-order valence-electron chi connectivity index (χ2n) is 4.76. The van der Waals surface area contributed by atoms with E-state index in [9.17, 15) is 4.79 Å². The number of hydrogen-bond acceptors (Lipinski definition) is 2. The molecule has 0 aromatic heterocycles. The molecule has 2 nitrogen and oxygen atoms in total. The summed E-state index contributed by atoms with van der Waals surface area (Å²) in [7, 11) is 1.61. The van der Waals surface area contributed by atoms with Crippen molar-refractivity contribution in [3.8, 4) is 5.75 Å². The molecule has 1 aromatic rings. The fraction of sp³-hybridized carbons (Fsp3) is 0.312. The van der Waals surface area contributed by atoms with Crippen LogP contribution >= 0.6 is 0 Å². The molecule has 2 rings (SSSR count). The minimum Gasteiger partial charge on any atom is -0.497 e. The zero-order valence-electron chi connectivity index (χ0n) is 11.1. The van der Waals surface area contributed by atoms with Gasteiger partial charge in [0.25, 0.3) is 0 Å². The van der Waals surface area contributed by atoms with Gasteiger partial charge in [-0.1, -0.05) is 35.4 Å². The fourth-order valence-electron chi connectivity index (χ4n) is 2.30. The molecule has 0 N–H and O–H groups in total. The molecule has 1 aromatic carbocycles. The van der Waals surface area contributed by atoms with Crippen LogP contribution in [0.15, 0.2) is 47.6 Å². The number of methoxy groups -OCH3 is 1. The lowest BCUT2D eigenvalue weighted by Gasteiger charge is -2.09. The van der Waals surface area contributed by atoms with E-state index in [0.29, 0.717) is 6.42 Å². The first kappa shape index (κ1) is 12.6. The molecule has 18 heavy (non-hydrogen) atoms. The predicted octanol–water partition coefficient (Wildman–Crippen LogP) is 3.79. The molecular weight excluding hydrogens is 224 g/mol. The molecule has 1 aliphatic rings. The molecule has 0 heterocycles. The molecule has 0 bridgehead atoms. The van der Waals surface area contributed by atoms with Crippen LogP contribution in [0.2, 0.25) is 0 Å². The van der Waals surface area contributed by atoms with Crippen molar-refractivity contribution in [1.82, 2.24) is 0 Å². The molecule has 1 atom stereocenters. The summed E-state index contributed by atoms with van der Waals surface area (Å²) in [5.41, 5.74) is 3.24. The SMILES string of the molecule is COc1cccc(C(=O)CC2C=C(C)C=C2C)c1. The van der Waals surface area contributed by atoms with E-state index in [1.54, 1.807) is 13.2 Å². The summed E-state index contributed by atoms with van der Waals surface area (Å²) in [6.45, 7) is 4.15. The van der Waals surface area contributed by atoms with Gasteiger partial charge in [-0.3, -0.25) is 4.79 Å². The van der Waals surface area contributed by atoms with Crippen LogP contribution in [-0.2, 0) is 0 Å². The maximum absolute atomic E-state index is 12.2. The van der Waals surface area contributed by atoms with Gasteiger partial charge in [-0.15, -0.1) is 0 Å². The second kappa shape index (κ2) is 5.21. The van der Waals surface area contributed by atoms with Crippen molar-refractivity contribution in [2.24, 2.45) is 5.92 Å². The third-order valence-electron chi connectivity index (χ3n) is 3.30. The highest BCUT2D eigenvalue weighted by Crippen LogP contribution is 2.28. The number of carbonyl (C=O) groups excluding carboxylic acids is 1. The van der Waals surface area contributed by atoms with E-state index in [0.717, 1.165) is 11.3 Å². The Hall–Kier alpha value is -1.83. The normalized spacial score (nSPS) is 18.3. The zero-order valence-corrected chi connectivity index (χ0v) is 11.1. The largest absolute Gasteiger partial charge is 0.497 e. The van der Waals surface area contributed by atoms with Gasteiger partial charge < -0.3 is 4.74 Å². The van der Waals surface area contributed by atoms with E-state index in [1.165, 1.54) is 11.1 Å². The quantitative estimate of drug-likeness (QED) is 0.751. The number of hydrogen-bond donors (Lipinski definition) is 0. The standard InChI is InChI=1S/C16H18O2/c1-11-7-12(2)14(8-11)10-16(17)13-5-4-6-15(9-13)18-3/h4-9,14H,10H2,1-3H3. The number of ether oxygens (including phenoxy) is 1. The van der Waals surface area contributed by atoms with Gasteiger partial charge in [0, 0.05) is 17.9 Å². The Balaban J connectivity index is 2.11. The van der Waals surface area contributed by atoms with Gasteiger partial charge in [0.05, 0.1) is 7.11 Å². The number of rotatable bonds is 4. The number of benzene rings is 1. The number of Topliss-reactive ketones (excluding diaryl/α,β-unsaturated/α-hetero) is 1. The van der Waals surface area contributed by atoms with Crippen molar-refractivity contribution in [3.63, 3.8) is 0 Å². The van der Waals surface area contributed by atoms with Crippen LogP contribution in [0.1, 0.15) is 30.6 Å². The van der Waals surface area contributed by atoms with Gasteiger partial charge >= 0.3 is 0 Å². The minimum atomic E-state index is 0.164. The van der Waals surface area contributed by atoms with Gasteiger partial charge in [-0.05, 0) is 26.0 Å². The molecule has 0 saturated heterocycles. The van der Waals surface area contributed by atoms with Crippen LogP contribution in [0.5, 0.6) is 5.75 Å². The summed E-state index contributed by atoms with van der Waals surface area (Å²) in [6.07, 6.45) is 4.84. The van der Waals surface area contributed by atoms with Crippen LogP contribution in [0.3, 0.4) is 0 Å². The Morgan fingerprint density at radius 3 is 2.72 bits per heavy atom. The van der Waals surface area contributed by atoms with Crippen molar-refractivity contribution in [2.75, 3.05) is 7.11 Å². The average Bonchev–Trinajstić information content (AvgIpc) is 2.68. The van der Waals surface area contributed by atoms with Crippen LogP contribution in [0.25, 0.3) is 0 Å². The Morgan fingerprint density at radius 2 is 2.11 bits per heavy atom. The van der Waals surface area contributed by atoms with E-state index in [4.69, 9.17) is 4.74 Å². The summed E-state index contributed by atoms with van der Waals surface area (Å²) in [6, 6.07) is 7.34.